The molecule has 0 amide bonds. The van der Waals surface area contributed by atoms with Crippen LogP contribution in [0.3, 0.4) is 0 Å². The zero-order valence-electron chi connectivity index (χ0n) is 7.65. The molecule has 0 aliphatic rings. The normalized spacial score (nSPS) is 10.4. The van der Waals surface area contributed by atoms with Crippen LogP contribution in [0.2, 0.25) is 5.02 Å². The molecule has 1 aromatic carbocycles. The predicted molar refractivity (Wildman–Crippen MR) is 59.4 cm³/mol. The number of carbonyl (C=O) groups is 1. The van der Waals surface area contributed by atoms with Crippen LogP contribution in [0.1, 0.15) is 10.6 Å². The van der Waals surface area contributed by atoms with E-state index in [0.717, 1.165) is 0 Å². The molecule has 0 atom stereocenters. The average molecular weight is 303 g/mol. The Balaban J connectivity index is 2.42. The molecule has 0 saturated heterocycles. The number of carboxylic acids is 1. The fourth-order valence-electron chi connectivity index (χ4n) is 1.06. The summed E-state index contributed by atoms with van der Waals surface area (Å²) in [5.74, 6) is -1.47. The lowest BCUT2D eigenvalue weighted by Crippen LogP contribution is -1.98. The second-order valence-corrected chi connectivity index (χ2v) is 4.12. The van der Waals surface area contributed by atoms with Crippen molar-refractivity contribution in [3.05, 3.63) is 33.5 Å². The Hall–Kier alpha value is -1.40. The fraction of sp³-hybridized carbons (Fsp3) is 0. The van der Waals surface area contributed by atoms with Gasteiger partial charge in [-0.05, 0) is 39.3 Å². The maximum atomic E-state index is 10.6. The van der Waals surface area contributed by atoms with Crippen molar-refractivity contribution in [1.29, 1.82) is 0 Å². The first kappa shape index (κ1) is 11.1. The minimum absolute atomic E-state index is 0.134. The molecule has 0 aliphatic carbocycles. The molecular weight excluding hydrogens is 299 g/mol. The molecule has 0 unspecified atom stereocenters. The molecule has 0 aliphatic heterocycles. The van der Waals surface area contributed by atoms with Crippen molar-refractivity contribution in [2.24, 2.45) is 0 Å². The van der Waals surface area contributed by atoms with E-state index < -0.39 is 5.97 Å². The third kappa shape index (κ3) is 2.07. The highest BCUT2D eigenvalue weighted by Gasteiger charge is 2.14. The second-order valence-electron chi connectivity index (χ2n) is 2.86. The molecule has 1 heterocycles. The van der Waals surface area contributed by atoms with E-state index in [1.165, 1.54) is 0 Å². The van der Waals surface area contributed by atoms with Crippen LogP contribution in [0.25, 0.3) is 11.5 Å². The Labute approximate surface area is 103 Å². The number of hydrogen-bond acceptors (Lipinski definition) is 4. The van der Waals surface area contributed by atoms with Crippen LogP contribution in [0.5, 0.6) is 0 Å². The van der Waals surface area contributed by atoms with E-state index in [-0.39, 0.29) is 11.7 Å². The maximum absolute atomic E-state index is 10.6. The number of halogens is 2. The van der Waals surface area contributed by atoms with Gasteiger partial charge in [0, 0.05) is 10.0 Å². The molecule has 7 heteroatoms. The molecule has 1 aromatic heterocycles. The Morgan fingerprint density at radius 1 is 1.50 bits per heavy atom. The molecule has 0 spiro atoms. The number of nitrogens with zero attached hydrogens (tertiary/aromatic N) is 2. The van der Waals surface area contributed by atoms with Crippen LogP contribution in [0, 0.1) is 0 Å². The molecule has 82 valence electrons. The SMILES string of the molecule is O=C(O)c1noc(-c2ccc(Cl)c(Br)c2)n1. The molecule has 16 heavy (non-hydrogen) atoms. The van der Waals surface area contributed by atoms with E-state index in [2.05, 4.69) is 26.1 Å². The third-order valence-electron chi connectivity index (χ3n) is 1.78. The van der Waals surface area contributed by atoms with Gasteiger partial charge in [-0.15, -0.1) is 0 Å². The van der Waals surface area contributed by atoms with E-state index in [0.29, 0.717) is 15.1 Å². The molecule has 1 N–H and O–H groups in total. The van der Waals surface area contributed by atoms with E-state index >= 15 is 0 Å². The van der Waals surface area contributed by atoms with Gasteiger partial charge in [-0.25, -0.2) is 4.79 Å². The first-order chi connectivity index (χ1) is 7.58. The minimum Gasteiger partial charge on any atom is -0.475 e. The third-order valence-corrected chi connectivity index (χ3v) is 3.00. The van der Waals surface area contributed by atoms with Crippen molar-refractivity contribution in [2.45, 2.75) is 0 Å². The van der Waals surface area contributed by atoms with E-state index in [1.807, 2.05) is 0 Å². The van der Waals surface area contributed by atoms with Crippen LogP contribution in [-0.2, 0) is 0 Å². The minimum atomic E-state index is -1.23. The molecule has 2 rings (SSSR count). The smallest absolute Gasteiger partial charge is 0.377 e. The highest BCUT2D eigenvalue weighted by atomic mass is 79.9. The van der Waals surface area contributed by atoms with E-state index in [9.17, 15) is 4.79 Å². The van der Waals surface area contributed by atoms with Crippen molar-refractivity contribution < 1.29 is 14.4 Å². The van der Waals surface area contributed by atoms with Gasteiger partial charge in [-0.3, -0.25) is 0 Å². The Morgan fingerprint density at radius 2 is 2.25 bits per heavy atom. The zero-order valence-corrected chi connectivity index (χ0v) is 9.99. The highest BCUT2D eigenvalue weighted by Crippen LogP contribution is 2.27. The molecular formula is C9H4BrClN2O3. The number of aromatic nitrogens is 2. The number of hydrogen-bond donors (Lipinski definition) is 1. The maximum Gasteiger partial charge on any atom is 0.377 e. The number of rotatable bonds is 2. The van der Waals surface area contributed by atoms with Gasteiger partial charge in [-0.2, -0.15) is 4.98 Å². The first-order valence-electron chi connectivity index (χ1n) is 4.10. The standard InChI is InChI=1S/C9H4BrClN2O3/c10-5-3-4(1-2-6(5)11)8-12-7(9(14)15)13-16-8/h1-3H,(H,14,15). The Kier molecular flexibility index (Phi) is 2.93. The lowest BCUT2D eigenvalue weighted by molar-refractivity contribution is 0.0680. The van der Waals surface area contributed by atoms with Gasteiger partial charge in [-0.1, -0.05) is 11.6 Å². The van der Waals surface area contributed by atoms with Gasteiger partial charge in [0.2, 0.25) is 0 Å². The highest BCUT2D eigenvalue weighted by molar-refractivity contribution is 9.10. The van der Waals surface area contributed by atoms with Crippen LogP contribution in [0.4, 0.5) is 0 Å². The molecule has 0 saturated carbocycles. The quantitative estimate of drug-likeness (QED) is 0.923. The molecule has 0 fully saturated rings. The number of carboxylic acid groups (broad SMARTS) is 1. The van der Waals surface area contributed by atoms with Gasteiger partial charge < -0.3 is 9.63 Å². The summed E-state index contributed by atoms with van der Waals surface area (Å²) in [7, 11) is 0. The molecule has 5 nitrogen and oxygen atoms in total. The van der Waals surface area contributed by atoms with Crippen molar-refractivity contribution >= 4 is 33.5 Å². The van der Waals surface area contributed by atoms with Crippen molar-refractivity contribution in [3.8, 4) is 11.5 Å². The van der Waals surface area contributed by atoms with Gasteiger partial charge in [0.15, 0.2) is 0 Å². The van der Waals surface area contributed by atoms with Gasteiger partial charge in [0.25, 0.3) is 11.7 Å². The summed E-state index contributed by atoms with van der Waals surface area (Å²) in [5.41, 5.74) is 0.594. The Morgan fingerprint density at radius 3 is 2.81 bits per heavy atom. The largest absolute Gasteiger partial charge is 0.475 e. The molecule has 0 bridgehead atoms. The summed E-state index contributed by atoms with van der Waals surface area (Å²) in [6, 6.07) is 4.97. The van der Waals surface area contributed by atoms with Crippen LogP contribution in [0.15, 0.2) is 27.2 Å². The Bertz CT molecular complexity index is 555. The summed E-state index contributed by atoms with van der Waals surface area (Å²) in [4.78, 5) is 14.3. The lowest BCUT2D eigenvalue weighted by Gasteiger charge is -1.97. The number of aromatic carboxylic acids is 1. The van der Waals surface area contributed by atoms with E-state index in [1.54, 1.807) is 18.2 Å². The van der Waals surface area contributed by atoms with Gasteiger partial charge in [0.05, 0.1) is 5.02 Å². The summed E-state index contributed by atoms with van der Waals surface area (Å²) in [6.45, 7) is 0. The summed E-state index contributed by atoms with van der Waals surface area (Å²) >= 11 is 9.06. The number of benzene rings is 1. The van der Waals surface area contributed by atoms with Crippen molar-refractivity contribution in [3.63, 3.8) is 0 Å². The van der Waals surface area contributed by atoms with E-state index in [4.69, 9.17) is 21.2 Å². The summed E-state index contributed by atoms with van der Waals surface area (Å²) < 4.78 is 5.47. The average Bonchev–Trinajstić information content (AvgIpc) is 2.71. The van der Waals surface area contributed by atoms with Crippen LogP contribution < -0.4 is 0 Å². The van der Waals surface area contributed by atoms with Gasteiger partial charge >= 0.3 is 5.97 Å². The summed E-state index contributed by atoms with van der Waals surface area (Å²) in [5, 5.41) is 12.5. The summed E-state index contributed by atoms with van der Waals surface area (Å²) in [6.07, 6.45) is 0. The predicted octanol–water partition coefficient (Wildman–Crippen LogP) is 2.85. The first-order valence-corrected chi connectivity index (χ1v) is 5.27. The fourth-order valence-corrected chi connectivity index (χ4v) is 1.55. The van der Waals surface area contributed by atoms with Crippen molar-refractivity contribution in [1.82, 2.24) is 10.1 Å². The second kappa shape index (κ2) is 4.23. The van der Waals surface area contributed by atoms with Crippen LogP contribution >= 0.6 is 27.5 Å². The zero-order chi connectivity index (χ0) is 11.7. The van der Waals surface area contributed by atoms with Gasteiger partial charge in [0.1, 0.15) is 0 Å². The topological polar surface area (TPSA) is 76.2 Å². The lowest BCUT2D eigenvalue weighted by atomic mass is 10.2. The molecule has 2 aromatic rings. The van der Waals surface area contributed by atoms with Crippen molar-refractivity contribution in [2.75, 3.05) is 0 Å². The monoisotopic (exact) mass is 302 g/mol. The molecule has 0 radical (unpaired) electrons. The van der Waals surface area contributed by atoms with Crippen LogP contribution in [-0.4, -0.2) is 21.2 Å².